The molecule has 5 nitrogen and oxygen atoms in total. The van der Waals surface area contributed by atoms with E-state index in [4.69, 9.17) is 11.6 Å². The normalized spacial score (nSPS) is 17.4. The summed E-state index contributed by atoms with van der Waals surface area (Å²) in [5, 5.41) is 3.78. The molecule has 2 atom stereocenters. The Bertz CT molecular complexity index is 853. The maximum absolute atomic E-state index is 13.0. The largest absolute Gasteiger partial charge is 0.354 e. The molecule has 0 spiro atoms. The van der Waals surface area contributed by atoms with Gasteiger partial charge in [-0.05, 0) is 55.8 Å². The average Bonchev–Trinajstić information content (AvgIpc) is 2.82. The number of nitrogens with one attached hydrogen (secondary N) is 1. The van der Waals surface area contributed by atoms with E-state index in [1.807, 2.05) is 18.2 Å². The van der Waals surface area contributed by atoms with Gasteiger partial charge in [-0.2, -0.15) is 0 Å². The van der Waals surface area contributed by atoms with Crippen LogP contribution in [0, 0.1) is 5.92 Å². The van der Waals surface area contributed by atoms with Crippen molar-refractivity contribution in [3.8, 4) is 0 Å². The van der Waals surface area contributed by atoms with Gasteiger partial charge in [-0.25, -0.2) is 0 Å². The lowest BCUT2D eigenvalue weighted by molar-refractivity contribution is -0.126. The quantitative estimate of drug-likeness (QED) is 0.660. The van der Waals surface area contributed by atoms with Crippen molar-refractivity contribution in [3.05, 3.63) is 70.7 Å². The lowest BCUT2D eigenvalue weighted by Gasteiger charge is -2.34. The first kappa shape index (κ1) is 23.3. The monoisotopic (exact) mass is 441 g/mol. The molecule has 1 N–H and O–H groups in total. The molecule has 2 aromatic carbocycles. The van der Waals surface area contributed by atoms with E-state index in [1.165, 1.54) is 5.56 Å². The first-order valence-corrected chi connectivity index (χ1v) is 11.5. The Kier molecular flexibility index (Phi) is 8.50. The third-order valence-corrected chi connectivity index (χ3v) is 6.33. The van der Waals surface area contributed by atoms with Crippen LogP contribution in [0.1, 0.15) is 48.7 Å². The molecular weight excluding hydrogens is 410 g/mol. The van der Waals surface area contributed by atoms with Crippen LogP contribution in [-0.4, -0.2) is 54.3 Å². The fourth-order valence-corrected chi connectivity index (χ4v) is 4.42. The molecule has 166 valence electrons. The first-order chi connectivity index (χ1) is 15.0. The Morgan fingerprint density at radius 1 is 1.10 bits per heavy atom. The van der Waals surface area contributed by atoms with Crippen molar-refractivity contribution in [2.24, 2.45) is 5.92 Å². The third-order valence-electron chi connectivity index (χ3n) is 6.08. The molecule has 2 aromatic rings. The number of amides is 2. The van der Waals surface area contributed by atoms with Gasteiger partial charge >= 0.3 is 0 Å². The minimum atomic E-state index is -0.182. The molecule has 3 rings (SSSR count). The Morgan fingerprint density at radius 2 is 1.77 bits per heavy atom. The predicted octanol–water partition coefficient (Wildman–Crippen LogP) is 4.39. The SMILES string of the molecule is CCN(CC)C(CNC(=O)C1CCCN(C(=O)c2ccc(Cl)cc2)C1)c1ccccc1. The topological polar surface area (TPSA) is 52.7 Å². The van der Waals surface area contributed by atoms with Crippen LogP contribution in [0.3, 0.4) is 0 Å². The van der Waals surface area contributed by atoms with Crippen LogP contribution in [0.15, 0.2) is 54.6 Å². The van der Waals surface area contributed by atoms with E-state index in [1.54, 1.807) is 29.2 Å². The summed E-state index contributed by atoms with van der Waals surface area (Å²) in [6, 6.07) is 17.4. The van der Waals surface area contributed by atoms with E-state index >= 15 is 0 Å². The van der Waals surface area contributed by atoms with Gasteiger partial charge < -0.3 is 10.2 Å². The molecular formula is C25H32ClN3O2. The van der Waals surface area contributed by atoms with Crippen molar-refractivity contribution in [1.82, 2.24) is 15.1 Å². The van der Waals surface area contributed by atoms with Gasteiger partial charge in [0.15, 0.2) is 0 Å². The van der Waals surface area contributed by atoms with Crippen LogP contribution in [0.2, 0.25) is 5.02 Å². The molecule has 2 amide bonds. The highest BCUT2D eigenvalue weighted by atomic mass is 35.5. The molecule has 0 aromatic heterocycles. The highest BCUT2D eigenvalue weighted by Crippen LogP contribution is 2.22. The van der Waals surface area contributed by atoms with Crippen molar-refractivity contribution >= 4 is 23.4 Å². The Hall–Kier alpha value is -2.37. The highest BCUT2D eigenvalue weighted by Gasteiger charge is 2.29. The highest BCUT2D eigenvalue weighted by molar-refractivity contribution is 6.30. The molecule has 1 fully saturated rings. The second kappa shape index (κ2) is 11.3. The summed E-state index contributed by atoms with van der Waals surface area (Å²) < 4.78 is 0. The number of nitrogens with zero attached hydrogens (tertiary/aromatic N) is 2. The smallest absolute Gasteiger partial charge is 0.253 e. The summed E-state index contributed by atoms with van der Waals surface area (Å²) in [6.45, 7) is 7.81. The molecule has 1 aliphatic rings. The zero-order valence-corrected chi connectivity index (χ0v) is 19.1. The Balaban J connectivity index is 1.62. The maximum atomic E-state index is 13.0. The zero-order chi connectivity index (χ0) is 22.2. The summed E-state index contributed by atoms with van der Waals surface area (Å²) in [6.07, 6.45) is 1.63. The lowest BCUT2D eigenvalue weighted by atomic mass is 9.96. The van der Waals surface area contributed by atoms with E-state index < -0.39 is 0 Å². The van der Waals surface area contributed by atoms with Crippen LogP contribution in [0.5, 0.6) is 0 Å². The van der Waals surface area contributed by atoms with Gasteiger partial charge in [0.2, 0.25) is 5.91 Å². The molecule has 1 aliphatic heterocycles. The van der Waals surface area contributed by atoms with E-state index in [-0.39, 0.29) is 23.8 Å². The predicted molar refractivity (Wildman–Crippen MR) is 125 cm³/mol. The number of piperidine rings is 1. The number of halogens is 1. The second-order valence-corrected chi connectivity index (χ2v) is 8.43. The standard InChI is InChI=1S/C25H32ClN3O2/c1-3-28(4-2)23(19-9-6-5-7-10-19)17-27-24(30)21-11-8-16-29(18-21)25(31)20-12-14-22(26)15-13-20/h5-7,9-10,12-15,21,23H,3-4,8,11,16-18H2,1-2H3,(H,27,30). The molecule has 1 saturated heterocycles. The van der Waals surface area contributed by atoms with Crippen molar-refractivity contribution in [2.75, 3.05) is 32.7 Å². The molecule has 0 saturated carbocycles. The second-order valence-electron chi connectivity index (χ2n) is 7.99. The van der Waals surface area contributed by atoms with Gasteiger partial charge in [-0.1, -0.05) is 55.8 Å². The van der Waals surface area contributed by atoms with Crippen LogP contribution >= 0.6 is 11.6 Å². The van der Waals surface area contributed by atoms with Crippen molar-refractivity contribution < 1.29 is 9.59 Å². The minimum absolute atomic E-state index is 0.0293. The Morgan fingerprint density at radius 3 is 2.42 bits per heavy atom. The van der Waals surface area contributed by atoms with E-state index in [2.05, 4.69) is 36.2 Å². The van der Waals surface area contributed by atoms with E-state index in [0.29, 0.717) is 30.2 Å². The number of likely N-dealkylation sites (tertiary alicyclic amines) is 1. The number of carbonyl (C=O) groups excluding carboxylic acids is 2. The third kappa shape index (κ3) is 6.08. The van der Waals surface area contributed by atoms with Gasteiger partial charge in [-0.15, -0.1) is 0 Å². The number of carbonyl (C=O) groups is 2. The Labute approximate surface area is 190 Å². The number of rotatable bonds is 8. The zero-order valence-electron chi connectivity index (χ0n) is 18.4. The molecule has 31 heavy (non-hydrogen) atoms. The van der Waals surface area contributed by atoms with Gasteiger partial charge in [0.05, 0.1) is 12.0 Å². The van der Waals surface area contributed by atoms with Crippen LogP contribution in [0.25, 0.3) is 0 Å². The molecule has 2 unspecified atom stereocenters. The summed E-state index contributed by atoms with van der Waals surface area (Å²) in [4.78, 5) is 30.0. The molecule has 0 radical (unpaired) electrons. The van der Waals surface area contributed by atoms with Crippen molar-refractivity contribution in [2.45, 2.75) is 32.7 Å². The van der Waals surface area contributed by atoms with Gasteiger partial charge in [0, 0.05) is 30.2 Å². The summed E-state index contributed by atoms with van der Waals surface area (Å²) in [5.41, 5.74) is 1.81. The van der Waals surface area contributed by atoms with Crippen molar-refractivity contribution in [3.63, 3.8) is 0 Å². The lowest BCUT2D eigenvalue weighted by Crippen LogP contribution is -2.47. The summed E-state index contributed by atoms with van der Waals surface area (Å²) in [7, 11) is 0. The fraction of sp³-hybridized carbons (Fsp3) is 0.440. The summed E-state index contributed by atoms with van der Waals surface area (Å²) >= 11 is 5.93. The molecule has 0 bridgehead atoms. The fourth-order valence-electron chi connectivity index (χ4n) is 4.29. The number of hydrogen-bond donors (Lipinski definition) is 1. The van der Waals surface area contributed by atoms with Gasteiger partial charge in [-0.3, -0.25) is 14.5 Å². The molecule has 1 heterocycles. The maximum Gasteiger partial charge on any atom is 0.253 e. The molecule has 6 heteroatoms. The minimum Gasteiger partial charge on any atom is -0.354 e. The van der Waals surface area contributed by atoms with Gasteiger partial charge in [0.1, 0.15) is 0 Å². The van der Waals surface area contributed by atoms with E-state index in [9.17, 15) is 9.59 Å². The van der Waals surface area contributed by atoms with Crippen LogP contribution in [-0.2, 0) is 4.79 Å². The first-order valence-electron chi connectivity index (χ1n) is 11.1. The number of benzene rings is 2. The van der Waals surface area contributed by atoms with Gasteiger partial charge in [0.25, 0.3) is 5.91 Å². The van der Waals surface area contributed by atoms with Crippen LogP contribution < -0.4 is 5.32 Å². The number of hydrogen-bond acceptors (Lipinski definition) is 3. The summed E-state index contributed by atoms with van der Waals surface area (Å²) in [5.74, 6) is -0.195. The van der Waals surface area contributed by atoms with Crippen LogP contribution in [0.4, 0.5) is 0 Å². The van der Waals surface area contributed by atoms with E-state index in [0.717, 1.165) is 25.9 Å². The van der Waals surface area contributed by atoms with Crippen molar-refractivity contribution in [1.29, 1.82) is 0 Å². The number of likely N-dealkylation sites (N-methyl/N-ethyl adjacent to an activating group) is 1. The average molecular weight is 442 g/mol. The molecule has 0 aliphatic carbocycles.